The molecule has 0 N–H and O–H groups in total. The first-order valence-corrected chi connectivity index (χ1v) is 10.3. The van der Waals surface area contributed by atoms with Gasteiger partial charge in [0.2, 0.25) is 5.67 Å². The largest absolute Gasteiger partial charge is 0.463 e. The lowest BCUT2D eigenvalue weighted by Crippen LogP contribution is -2.35. The van der Waals surface area contributed by atoms with Gasteiger partial charge in [0.15, 0.2) is 0 Å². The van der Waals surface area contributed by atoms with Crippen LogP contribution in [0.2, 0.25) is 0 Å². The first-order chi connectivity index (χ1) is 14.8. The highest BCUT2D eigenvalue weighted by molar-refractivity contribution is 5.94. The number of nitriles is 1. The number of ether oxygens (including phenoxy) is 1. The summed E-state index contributed by atoms with van der Waals surface area (Å²) in [5, 5.41) is 11.2. The van der Waals surface area contributed by atoms with Crippen molar-refractivity contribution in [3.63, 3.8) is 0 Å². The van der Waals surface area contributed by atoms with Crippen LogP contribution in [-0.4, -0.2) is 27.8 Å². The van der Waals surface area contributed by atoms with Crippen molar-refractivity contribution in [1.82, 2.24) is 9.55 Å². The summed E-state index contributed by atoms with van der Waals surface area (Å²) in [7, 11) is 0. The van der Waals surface area contributed by atoms with Gasteiger partial charge in [-0.1, -0.05) is 44.7 Å². The number of hydrogen-bond acceptors (Lipinski definition) is 4. The Morgan fingerprint density at radius 3 is 2.68 bits per heavy atom. The van der Waals surface area contributed by atoms with Crippen LogP contribution in [0.1, 0.15) is 37.4 Å². The molecule has 0 spiro atoms. The minimum absolute atomic E-state index is 0.115. The summed E-state index contributed by atoms with van der Waals surface area (Å²) < 4.78 is 22.3. The number of fused-ring (bicyclic) bond motifs is 1. The van der Waals surface area contributed by atoms with Crippen LogP contribution < -0.4 is 0 Å². The summed E-state index contributed by atoms with van der Waals surface area (Å²) in [6, 6.07) is 13.5. The maximum absolute atomic E-state index is 15.3. The average molecular weight is 420 g/mol. The number of imidazole rings is 1. The van der Waals surface area contributed by atoms with E-state index in [9.17, 15) is 10.1 Å². The van der Waals surface area contributed by atoms with Gasteiger partial charge in [0.05, 0.1) is 23.9 Å². The highest BCUT2D eigenvalue weighted by atomic mass is 19.1. The Labute approximate surface area is 181 Å². The van der Waals surface area contributed by atoms with Crippen LogP contribution in [0.15, 0.2) is 55.3 Å². The SMILES string of the molecule is C=CC(F)(CCc1ncc(C)n1-c1ccc(C#N)c2ccccc12)C(=O)OCC(C)C. The van der Waals surface area contributed by atoms with Crippen molar-refractivity contribution < 1.29 is 13.9 Å². The average Bonchev–Trinajstić information content (AvgIpc) is 3.15. The molecule has 5 nitrogen and oxygen atoms in total. The predicted octanol–water partition coefficient (Wildman–Crippen LogP) is 5.23. The van der Waals surface area contributed by atoms with Crippen LogP contribution in [0, 0.1) is 24.2 Å². The Morgan fingerprint density at radius 2 is 2.03 bits per heavy atom. The third-order valence-corrected chi connectivity index (χ3v) is 5.20. The Bertz CT molecular complexity index is 1160. The third-order valence-electron chi connectivity index (χ3n) is 5.20. The normalized spacial score (nSPS) is 13.0. The first kappa shape index (κ1) is 22.2. The fraction of sp³-hybridized carbons (Fsp3) is 0.320. The number of halogens is 1. The van der Waals surface area contributed by atoms with E-state index in [4.69, 9.17) is 4.74 Å². The molecule has 0 aliphatic carbocycles. The van der Waals surface area contributed by atoms with E-state index in [1.807, 2.05) is 55.7 Å². The molecular formula is C25H26FN3O2. The van der Waals surface area contributed by atoms with Crippen LogP contribution in [0.25, 0.3) is 16.5 Å². The van der Waals surface area contributed by atoms with Crippen molar-refractivity contribution in [2.45, 2.75) is 39.3 Å². The van der Waals surface area contributed by atoms with Gasteiger partial charge in [-0.15, -0.1) is 0 Å². The molecule has 0 saturated carbocycles. The van der Waals surface area contributed by atoms with Gasteiger partial charge in [0.25, 0.3) is 0 Å². The number of aryl methyl sites for hydroxylation is 2. The predicted molar refractivity (Wildman–Crippen MR) is 119 cm³/mol. The lowest BCUT2D eigenvalue weighted by atomic mass is 9.99. The van der Waals surface area contributed by atoms with Gasteiger partial charge in [-0.25, -0.2) is 14.2 Å². The number of carbonyl (C=O) groups excluding carboxylic acids is 1. The molecule has 1 heterocycles. The van der Waals surface area contributed by atoms with Gasteiger partial charge in [-0.3, -0.25) is 0 Å². The number of aromatic nitrogens is 2. The number of benzene rings is 2. The van der Waals surface area contributed by atoms with E-state index in [2.05, 4.69) is 17.6 Å². The Hall–Kier alpha value is -3.46. The number of carbonyl (C=O) groups is 1. The number of hydrogen-bond donors (Lipinski definition) is 0. The molecule has 160 valence electrons. The van der Waals surface area contributed by atoms with Gasteiger partial charge < -0.3 is 9.30 Å². The maximum Gasteiger partial charge on any atom is 0.347 e. The van der Waals surface area contributed by atoms with E-state index < -0.39 is 11.6 Å². The molecule has 3 aromatic rings. The fourth-order valence-electron chi connectivity index (χ4n) is 3.51. The van der Waals surface area contributed by atoms with Gasteiger partial charge in [-0.2, -0.15) is 5.26 Å². The number of nitrogens with zero attached hydrogens (tertiary/aromatic N) is 3. The molecule has 1 unspecified atom stereocenters. The van der Waals surface area contributed by atoms with Crippen molar-refractivity contribution in [1.29, 1.82) is 5.26 Å². The molecular weight excluding hydrogens is 393 g/mol. The van der Waals surface area contributed by atoms with E-state index in [1.54, 1.807) is 12.3 Å². The quantitative estimate of drug-likeness (QED) is 0.370. The maximum atomic E-state index is 15.3. The Balaban J connectivity index is 1.94. The van der Waals surface area contributed by atoms with Crippen molar-refractivity contribution in [2.75, 3.05) is 6.61 Å². The highest BCUT2D eigenvalue weighted by Crippen LogP contribution is 2.29. The van der Waals surface area contributed by atoms with Crippen molar-refractivity contribution in [2.24, 2.45) is 5.92 Å². The highest BCUT2D eigenvalue weighted by Gasteiger charge is 2.37. The Morgan fingerprint density at radius 1 is 1.32 bits per heavy atom. The minimum Gasteiger partial charge on any atom is -0.463 e. The zero-order valence-corrected chi connectivity index (χ0v) is 18.1. The van der Waals surface area contributed by atoms with Gasteiger partial charge in [-0.05, 0) is 31.1 Å². The van der Waals surface area contributed by atoms with Gasteiger partial charge in [0.1, 0.15) is 5.82 Å². The molecule has 3 rings (SSSR count). The molecule has 31 heavy (non-hydrogen) atoms. The zero-order chi connectivity index (χ0) is 22.6. The van der Waals surface area contributed by atoms with E-state index in [-0.39, 0.29) is 25.4 Å². The van der Waals surface area contributed by atoms with Crippen molar-refractivity contribution in [3.8, 4) is 11.8 Å². The van der Waals surface area contributed by atoms with Crippen molar-refractivity contribution in [3.05, 3.63) is 72.3 Å². The zero-order valence-electron chi connectivity index (χ0n) is 18.1. The second-order valence-corrected chi connectivity index (χ2v) is 8.00. The monoisotopic (exact) mass is 419 g/mol. The minimum atomic E-state index is -2.29. The molecule has 0 aliphatic heterocycles. The standard InChI is InChI=1S/C25H26FN3O2/c1-5-25(26,24(30)31-16-17(2)3)13-12-23-28-15-18(4)29(23)22-11-10-19(14-27)20-8-6-7-9-21(20)22/h5-11,15,17H,1,12-13,16H2,2-4H3. The molecule has 1 aromatic heterocycles. The summed E-state index contributed by atoms with van der Waals surface area (Å²) in [6.45, 7) is 9.36. The summed E-state index contributed by atoms with van der Waals surface area (Å²) >= 11 is 0. The van der Waals surface area contributed by atoms with E-state index in [1.165, 1.54) is 0 Å². The molecule has 6 heteroatoms. The number of esters is 1. The van der Waals surface area contributed by atoms with Crippen LogP contribution in [0.4, 0.5) is 4.39 Å². The van der Waals surface area contributed by atoms with Crippen LogP contribution >= 0.6 is 0 Å². The Kier molecular flexibility index (Phi) is 6.55. The topological polar surface area (TPSA) is 67.9 Å². The summed E-state index contributed by atoms with van der Waals surface area (Å²) in [6.07, 6.45) is 2.81. The molecule has 0 fully saturated rings. The van der Waals surface area contributed by atoms with Crippen LogP contribution in [0.3, 0.4) is 0 Å². The van der Waals surface area contributed by atoms with Crippen LogP contribution in [0.5, 0.6) is 0 Å². The molecule has 0 saturated heterocycles. The smallest absolute Gasteiger partial charge is 0.347 e. The van der Waals surface area contributed by atoms with Crippen LogP contribution in [-0.2, 0) is 16.0 Å². The van der Waals surface area contributed by atoms with Gasteiger partial charge in [0, 0.05) is 35.5 Å². The molecule has 2 aromatic carbocycles. The van der Waals surface area contributed by atoms with Gasteiger partial charge >= 0.3 is 5.97 Å². The van der Waals surface area contributed by atoms with E-state index >= 15 is 4.39 Å². The second-order valence-electron chi connectivity index (χ2n) is 8.00. The molecule has 0 radical (unpaired) electrons. The summed E-state index contributed by atoms with van der Waals surface area (Å²) in [5.74, 6) is -0.188. The number of alkyl halides is 1. The lowest BCUT2D eigenvalue weighted by Gasteiger charge is -2.21. The fourth-order valence-corrected chi connectivity index (χ4v) is 3.51. The van der Waals surface area contributed by atoms with E-state index in [0.717, 1.165) is 28.2 Å². The van der Waals surface area contributed by atoms with E-state index in [0.29, 0.717) is 11.4 Å². The molecule has 0 aliphatic rings. The first-order valence-electron chi connectivity index (χ1n) is 10.3. The molecule has 0 amide bonds. The molecule has 1 atom stereocenters. The van der Waals surface area contributed by atoms with Crippen molar-refractivity contribution >= 4 is 16.7 Å². The number of rotatable bonds is 8. The third kappa shape index (κ3) is 4.51. The summed E-state index contributed by atoms with van der Waals surface area (Å²) in [4.78, 5) is 16.8. The lowest BCUT2D eigenvalue weighted by molar-refractivity contribution is -0.156. The summed E-state index contributed by atoms with van der Waals surface area (Å²) in [5.41, 5.74) is 0.0214. The molecule has 0 bridgehead atoms. The second kappa shape index (κ2) is 9.13.